The second-order valence-electron chi connectivity index (χ2n) is 10.1. The molecule has 200 valence electrons. The van der Waals surface area contributed by atoms with Crippen molar-refractivity contribution in [2.45, 2.75) is 52.7 Å². The van der Waals surface area contributed by atoms with E-state index in [9.17, 15) is 9.18 Å². The van der Waals surface area contributed by atoms with Crippen LogP contribution in [0.2, 0.25) is 0 Å². The number of fused-ring (bicyclic) bond motifs is 1. The molecule has 0 saturated heterocycles. The van der Waals surface area contributed by atoms with Crippen molar-refractivity contribution in [3.63, 3.8) is 0 Å². The Balaban J connectivity index is 1.50. The molecule has 1 atom stereocenters. The van der Waals surface area contributed by atoms with Gasteiger partial charge in [0.15, 0.2) is 5.82 Å². The first-order valence-corrected chi connectivity index (χ1v) is 13.3. The molecule has 0 aliphatic rings. The van der Waals surface area contributed by atoms with E-state index < -0.39 is 0 Å². The number of rotatable bonds is 10. The molecule has 0 fully saturated rings. The van der Waals surface area contributed by atoms with Crippen molar-refractivity contribution >= 4 is 10.9 Å². The third-order valence-electron chi connectivity index (χ3n) is 7.36. The molecule has 39 heavy (non-hydrogen) atoms. The first kappa shape index (κ1) is 26.4. The fourth-order valence-corrected chi connectivity index (χ4v) is 5.15. The van der Waals surface area contributed by atoms with Crippen LogP contribution in [0.5, 0.6) is 0 Å². The van der Waals surface area contributed by atoms with E-state index in [1.807, 2.05) is 37.3 Å². The standard InChI is InChI=1S/C31H33FN6O/c1-4-28(30-34-35-36-38(30)19-24-12-14-26(32)15-13-24)37(17-16-23-8-6-5-7-9-23)20-25-18-27-21(2)10-11-22(3)29(27)33-31(25)39/h5-15,18,28H,4,16-17,19-20H2,1-3H3,(H,33,39). The molecule has 0 radical (unpaired) electrons. The Bertz CT molecular complexity index is 1610. The van der Waals surface area contributed by atoms with Gasteiger partial charge in [0.05, 0.1) is 18.1 Å². The SMILES string of the molecule is CCC(c1nnnn1Cc1ccc(F)cc1)N(CCc1ccccc1)Cc1cc2c(C)ccc(C)c2[nH]c1=O. The Labute approximate surface area is 227 Å². The lowest BCUT2D eigenvalue weighted by atomic mass is 10.0. The van der Waals surface area contributed by atoms with Gasteiger partial charge in [-0.2, -0.15) is 0 Å². The van der Waals surface area contributed by atoms with E-state index in [1.165, 1.54) is 17.7 Å². The molecule has 8 heteroatoms. The molecule has 3 aromatic carbocycles. The molecule has 7 nitrogen and oxygen atoms in total. The third kappa shape index (κ3) is 5.96. The smallest absolute Gasteiger partial charge is 0.252 e. The van der Waals surface area contributed by atoms with Crippen LogP contribution in [0.15, 0.2) is 77.6 Å². The van der Waals surface area contributed by atoms with Crippen LogP contribution in [0.4, 0.5) is 4.39 Å². The number of benzene rings is 3. The fourth-order valence-electron chi connectivity index (χ4n) is 5.15. The van der Waals surface area contributed by atoms with E-state index in [2.05, 4.69) is 57.5 Å². The van der Waals surface area contributed by atoms with E-state index in [0.717, 1.165) is 52.8 Å². The van der Waals surface area contributed by atoms with Gasteiger partial charge in [-0.3, -0.25) is 9.69 Å². The average molecular weight is 525 g/mol. The van der Waals surface area contributed by atoms with Crippen molar-refractivity contribution in [1.29, 1.82) is 0 Å². The summed E-state index contributed by atoms with van der Waals surface area (Å²) in [6, 6.07) is 22.7. The van der Waals surface area contributed by atoms with Gasteiger partial charge in [0.25, 0.3) is 5.56 Å². The molecule has 1 N–H and O–H groups in total. The molecule has 5 rings (SSSR count). The quantitative estimate of drug-likeness (QED) is 0.260. The normalized spacial score (nSPS) is 12.3. The van der Waals surface area contributed by atoms with Gasteiger partial charge >= 0.3 is 0 Å². The molecule has 5 aromatic rings. The van der Waals surface area contributed by atoms with Gasteiger partial charge in [-0.1, -0.05) is 61.5 Å². The van der Waals surface area contributed by atoms with Gasteiger partial charge in [0.2, 0.25) is 0 Å². The number of aromatic nitrogens is 5. The summed E-state index contributed by atoms with van der Waals surface area (Å²) in [5.41, 5.74) is 5.82. The van der Waals surface area contributed by atoms with Crippen LogP contribution >= 0.6 is 0 Å². The summed E-state index contributed by atoms with van der Waals surface area (Å²) in [6.45, 7) is 7.78. The molecule has 0 amide bonds. The molecule has 0 aliphatic heterocycles. The number of tetrazole rings is 1. The summed E-state index contributed by atoms with van der Waals surface area (Å²) in [7, 11) is 0. The van der Waals surface area contributed by atoms with E-state index >= 15 is 0 Å². The number of aryl methyl sites for hydroxylation is 2. The molecular weight excluding hydrogens is 491 g/mol. The van der Waals surface area contributed by atoms with Gasteiger partial charge in [0.1, 0.15) is 5.82 Å². The lowest BCUT2D eigenvalue weighted by molar-refractivity contribution is 0.172. The van der Waals surface area contributed by atoms with Crippen LogP contribution < -0.4 is 5.56 Å². The van der Waals surface area contributed by atoms with Crippen molar-refractivity contribution in [2.75, 3.05) is 6.54 Å². The highest BCUT2D eigenvalue weighted by atomic mass is 19.1. The zero-order chi connectivity index (χ0) is 27.4. The zero-order valence-electron chi connectivity index (χ0n) is 22.6. The highest BCUT2D eigenvalue weighted by molar-refractivity contribution is 5.85. The number of pyridine rings is 1. The second kappa shape index (κ2) is 11.7. The van der Waals surface area contributed by atoms with Crippen LogP contribution in [-0.4, -0.2) is 36.6 Å². The zero-order valence-corrected chi connectivity index (χ0v) is 22.6. The monoisotopic (exact) mass is 524 g/mol. The second-order valence-corrected chi connectivity index (χ2v) is 10.1. The summed E-state index contributed by atoms with van der Waals surface area (Å²) in [5.74, 6) is 0.444. The Kier molecular flexibility index (Phi) is 7.93. The maximum Gasteiger partial charge on any atom is 0.252 e. The molecular formula is C31H33FN6O. The minimum atomic E-state index is -0.278. The Morgan fingerprint density at radius 1 is 0.974 bits per heavy atom. The maximum absolute atomic E-state index is 13.5. The van der Waals surface area contributed by atoms with Crippen LogP contribution in [0.3, 0.4) is 0 Å². The van der Waals surface area contributed by atoms with Crippen LogP contribution in [-0.2, 0) is 19.5 Å². The molecule has 0 aliphatic carbocycles. The molecule has 2 heterocycles. The Hall–Kier alpha value is -4.17. The van der Waals surface area contributed by atoms with Crippen molar-refractivity contribution in [1.82, 2.24) is 30.1 Å². The highest BCUT2D eigenvalue weighted by Gasteiger charge is 2.26. The lowest BCUT2D eigenvalue weighted by Gasteiger charge is -2.30. The molecule has 0 spiro atoms. The number of aromatic amines is 1. The first-order valence-electron chi connectivity index (χ1n) is 13.3. The molecule has 1 unspecified atom stereocenters. The minimum Gasteiger partial charge on any atom is -0.321 e. The number of nitrogens with zero attached hydrogens (tertiary/aromatic N) is 5. The minimum absolute atomic E-state index is 0.0818. The van der Waals surface area contributed by atoms with Gasteiger partial charge in [0, 0.05) is 24.0 Å². The summed E-state index contributed by atoms with van der Waals surface area (Å²) in [4.78, 5) is 18.7. The third-order valence-corrected chi connectivity index (χ3v) is 7.36. The number of hydrogen-bond donors (Lipinski definition) is 1. The Morgan fingerprint density at radius 3 is 2.46 bits per heavy atom. The van der Waals surface area contributed by atoms with Gasteiger partial charge in [-0.15, -0.1) is 5.10 Å². The van der Waals surface area contributed by atoms with Gasteiger partial charge in [-0.25, -0.2) is 9.07 Å². The van der Waals surface area contributed by atoms with Crippen molar-refractivity contribution in [2.24, 2.45) is 0 Å². The predicted molar refractivity (Wildman–Crippen MR) is 151 cm³/mol. The van der Waals surface area contributed by atoms with Crippen LogP contribution in [0, 0.1) is 19.7 Å². The predicted octanol–water partition coefficient (Wildman–Crippen LogP) is 5.51. The number of hydrogen-bond acceptors (Lipinski definition) is 5. The number of halogens is 1. The van der Waals surface area contributed by atoms with E-state index in [4.69, 9.17) is 0 Å². The summed E-state index contributed by atoms with van der Waals surface area (Å²) < 4.78 is 15.2. The molecule has 0 bridgehead atoms. The summed E-state index contributed by atoms with van der Waals surface area (Å²) in [5, 5.41) is 13.7. The molecule has 2 aromatic heterocycles. The van der Waals surface area contributed by atoms with Crippen molar-refractivity contribution in [3.05, 3.63) is 123 Å². The van der Waals surface area contributed by atoms with Crippen LogP contribution in [0.1, 0.15) is 53.0 Å². The Morgan fingerprint density at radius 2 is 1.72 bits per heavy atom. The van der Waals surface area contributed by atoms with Crippen molar-refractivity contribution < 1.29 is 4.39 Å². The topological polar surface area (TPSA) is 79.7 Å². The fraction of sp³-hybridized carbons (Fsp3) is 0.290. The van der Waals surface area contributed by atoms with Gasteiger partial charge < -0.3 is 4.98 Å². The summed E-state index contributed by atoms with van der Waals surface area (Å²) in [6.07, 6.45) is 1.57. The van der Waals surface area contributed by atoms with Gasteiger partial charge in [-0.05, 0) is 77.6 Å². The lowest BCUT2D eigenvalue weighted by Crippen LogP contribution is -2.34. The van der Waals surface area contributed by atoms with E-state index in [-0.39, 0.29) is 17.4 Å². The average Bonchev–Trinajstić information content (AvgIpc) is 3.40. The first-order chi connectivity index (χ1) is 18.9. The largest absolute Gasteiger partial charge is 0.321 e. The van der Waals surface area contributed by atoms with Crippen molar-refractivity contribution in [3.8, 4) is 0 Å². The molecule has 0 saturated carbocycles. The summed E-state index contributed by atoms with van der Waals surface area (Å²) >= 11 is 0. The highest BCUT2D eigenvalue weighted by Crippen LogP contribution is 2.26. The van der Waals surface area contributed by atoms with E-state index in [0.29, 0.717) is 18.7 Å². The number of H-pyrrole nitrogens is 1. The van der Waals surface area contributed by atoms with Crippen LogP contribution in [0.25, 0.3) is 10.9 Å². The number of nitrogens with one attached hydrogen (secondary N) is 1. The maximum atomic E-state index is 13.5. The van der Waals surface area contributed by atoms with E-state index in [1.54, 1.807) is 16.8 Å².